The molecule has 1 aliphatic rings. The van der Waals surface area contributed by atoms with Crippen molar-refractivity contribution in [2.75, 3.05) is 6.54 Å². The second-order valence-electron chi connectivity index (χ2n) is 3.59. The summed E-state index contributed by atoms with van der Waals surface area (Å²) in [5.74, 6) is 0.126. The van der Waals surface area contributed by atoms with Gasteiger partial charge in [0, 0.05) is 6.54 Å². The predicted octanol–water partition coefficient (Wildman–Crippen LogP) is 0.918. The molecular weight excluding hydrogens is 152 g/mol. The highest BCUT2D eigenvalue weighted by atomic mass is 16.2. The molecule has 3 nitrogen and oxygen atoms in total. The van der Waals surface area contributed by atoms with E-state index in [1.807, 2.05) is 13.8 Å². The summed E-state index contributed by atoms with van der Waals surface area (Å²) in [6.07, 6.45) is 0.815. The smallest absolute Gasteiger partial charge is 0.224 e. The van der Waals surface area contributed by atoms with Crippen molar-refractivity contribution >= 4 is 5.91 Å². The van der Waals surface area contributed by atoms with Crippen LogP contribution in [0.25, 0.3) is 0 Å². The Bertz CT molecular complexity index is 217. The zero-order valence-electron chi connectivity index (χ0n) is 7.50. The van der Waals surface area contributed by atoms with Gasteiger partial charge in [-0.25, -0.2) is 0 Å². The molecule has 12 heavy (non-hydrogen) atoms. The van der Waals surface area contributed by atoms with E-state index >= 15 is 0 Å². The Labute approximate surface area is 72.8 Å². The molecule has 1 N–H and O–H groups in total. The maximum Gasteiger partial charge on any atom is 0.224 e. The Hall–Kier alpha value is -1.04. The molecular formula is C9H14N2O. The lowest BCUT2D eigenvalue weighted by Gasteiger charge is -2.17. The van der Waals surface area contributed by atoms with Crippen LogP contribution < -0.4 is 5.32 Å². The van der Waals surface area contributed by atoms with Crippen LogP contribution in [0, 0.1) is 29.1 Å². The van der Waals surface area contributed by atoms with E-state index in [1.165, 1.54) is 0 Å². The summed E-state index contributed by atoms with van der Waals surface area (Å²) in [5, 5.41) is 11.6. The minimum atomic E-state index is -0.118. The molecule has 0 aromatic rings. The van der Waals surface area contributed by atoms with Crippen LogP contribution >= 0.6 is 0 Å². The first-order valence-electron chi connectivity index (χ1n) is 4.34. The summed E-state index contributed by atoms with van der Waals surface area (Å²) in [5.41, 5.74) is 0. The van der Waals surface area contributed by atoms with Crippen LogP contribution in [0.15, 0.2) is 0 Å². The number of nitriles is 1. The van der Waals surface area contributed by atoms with Crippen LogP contribution in [0.4, 0.5) is 0 Å². The van der Waals surface area contributed by atoms with Gasteiger partial charge >= 0.3 is 0 Å². The van der Waals surface area contributed by atoms with E-state index in [1.54, 1.807) is 0 Å². The van der Waals surface area contributed by atoms with Crippen molar-refractivity contribution in [2.45, 2.75) is 20.3 Å². The third-order valence-corrected chi connectivity index (χ3v) is 2.39. The molecule has 1 saturated heterocycles. The van der Waals surface area contributed by atoms with E-state index in [0.29, 0.717) is 0 Å². The van der Waals surface area contributed by atoms with Gasteiger partial charge in [-0.3, -0.25) is 4.79 Å². The van der Waals surface area contributed by atoms with Crippen molar-refractivity contribution in [3.8, 4) is 6.07 Å². The van der Waals surface area contributed by atoms with Gasteiger partial charge in [0.1, 0.15) is 0 Å². The lowest BCUT2D eigenvalue weighted by Crippen LogP contribution is -2.27. The van der Waals surface area contributed by atoms with E-state index in [9.17, 15) is 4.79 Å². The average Bonchev–Trinajstić information content (AvgIpc) is 2.38. The molecule has 2 atom stereocenters. The molecule has 1 fully saturated rings. The van der Waals surface area contributed by atoms with Gasteiger partial charge in [0.2, 0.25) is 5.91 Å². The second-order valence-corrected chi connectivity index (χ2v) is 3.59. The number of nitrogens with zero attached hydrogens (tertiary/aromatic N) is 1. The Morgan fingerprint density at radius 3 is 2.67 bits per heavy atom. The summed E-state index contributed by atoms with van der Waals surface area (Å²) >= 11 is 0. The van der Waals surface area contributed by atoms with Crippen LogP contribution in [-0.2, 0) is 4.79 Å². The summed E-state index contributed by atoms with van der Waals surface area (Å²) < 4.78 is 0. The van der Waals surface area contributed by atoms with Gasteiger partial charge < -0.3 is 5.32 Å². The topological polar surface area (TPSA) is 52.9 Å². The predicted molar refractivity (Wildman–Crippen MR) is 45.1 cm³/mol. The maximum atomic E-state index is 11.2. The number of hydrogen-bond acceptors (Lipinski definition) is 2. The van der Waals surface area contributed by atoms with Gasteiger partial charge in [-0.15, -0.1) is 0 Å². The van der Waals surface area contributed by atoms with Gasteiger partial charge in [-0.1, -0.05) is 13.8 Å². The molecule has 0 spiro atoms. The minimum Gasteiger partial charge on any atom is -0.356 e. The number of hydrogen-bond donors (Lipinski definition) is 1. The summed E-state index contributed by atoms with van der Waals surface area (Å²) in [7, 11) is 0. The van der Waals surface area contributed by atoms with Gasteiger partial charge in [-0.2, -0.15) is 5.26 Å². The lowest BCUT2D eigenvalue weighted by atomic mass is 9.84. The van der Waals surface area contributed by atoms with Crippen LogP contribution in [0.1, 0.15) is 20.3 Å². The number of nitrogens with one attached hydrogen (secondary N) is 1. The number of amides is 1. The molecule has 1 aliphatic heterocycles. The first-order valence-corrected chi connectivity index (χ1v) is 4.34. The lowest BCUT2D eigenvalue weighted by molar-refractivity contribution is -0.123. The molecule has 0 aromatic heterocycles. The van der Waals surface area contributed by atoms with E-state index < -0.39 is 0 Å². The van der Waals surface area contributed by atoms with Crippen molar-refractivity contribution in [2.24, 2.45) is 17.8 Å². The molecule has 2 unspecified atom stereocenters. The molecule has 0 bridgehead atoms. The SMILES string of the molecule is CC(C)C(C#N)C1CCNC1=O. The third kappa shape index (κ3) is 1.58. The minimum absolute atomic E-state index is 0.0512. The standard InChI is InChI=1S/C9H14N2O/c1-6(2)8(5-10)7-3-4-11-9(7)12/h6-8H,3-4H2,1-2H3,(H,11,12). The zero-order chi connectivity index (χ0) is 9.14. The Morgan fingerprint density at radius 2 is 2.33 bits per heavy atom. The monoisotopic (exact) mass is 166 g/mol. The summed E-state index contributed by atoms with van der Waals surface area (Å²) in [6.45, 7) is 4.70. The summed E-state index contributed by atoms with van der Waals surface area (Å²) in [6, 6.07) is 2.21. The van der Waals surface area contributed by atoms with Crippen LogP contribution in [0.3, 0.4) is 0 Å². The van der Waals surface area contributed by atoms with Gasteiger partial charge in [0.15, 0.2) is 0 Å². The number of rotatable bonds is 2. The fourth-order valence-electron chi connectivity index (χ4n) is 1.66. The Kier molecular flexibility index (Phi) is 2.69. The van der Waals surface area contributed by atoms with E-state index in [2.05, 4.69) is 11.4 Å². The molecule has 3 heteroatoms. The van der Waals surface area contributed by atoms with Crippen LogP contribution in [0.2, 0.25) is 0 Å². The van der Waals surface area contributed by atoms with Gasteiger partial charge in [-0.05, 0) is 12.3 Å². The van der Waals surface area contributed by atoms with Crippen molar-refractivity contribution in [3.63, 3.8) is 0 Å². The Morgan fingerprint density at radius 1 is 1.67 bits per heavy atom. The maximum absolute atomic E-state index is 11.2. The zero-order valence-corrected chi connectivity index (χ0v) is 7.50. The number of carbonyl (C=O) groups excluding carboxylic acids is 1. The van der Waals surface area contributed by atoms with Crippen molar-refractivity contribution in [1.29, 1.82) is 5.26 Å². The molecule has 1 heterocycles. The highest BCUT2D eigenvalue weighted by Gasteiger charge is 2.33. The van der Waals surface area contributed by atoms with Crippen LogP contribution in [-0.4, -0.2) is 12.5 Å². The van der Waals surface area contributed by atoms with E-state index in [-0.39, 0.29) is 23.7 Å². The van der Waals surface area contributed by atoms with Crippen molar-refractivity contribution in [1.82, 2.24) is 5.32 Å². The van der Waals surface area contributed by atoms with Crippen LogP contribution in [0.5, 0.6) is 0 Å². The fourth-order valence-corrected chi connectivity index (χ4v) is 1.66. The quantitative estimate of drug-likeness (QED) is 0.663. The molecule has 0 radical (unpaired) electrons. The third-order valence-electron chi connectivity index (χ3n) is 2.39. The normalized spacial score (nSPS) is 25.2. The first-order chi connectivity index (χ1) is 5.66. The van der Waals surface area contributed by atoms with E-state index in [4.69, 9.17) is 5.26 Å². The van der Waals surface area contributed by atoms with Crippen molar-refractivity contribution < 1.29 is 4.79 Å². The molecule has 0 saturated carbocycles. The highest BCUT2D eigenvalue weighted by Crippen LogP contribution is 2.25. The summed E-state index contributed by atoms with van der Waals surface area (Å²) in [4.78, 5) is 11.2. The Balaban J connectivity index is 2.67. The second kappa shape index (κ2) is 3.57. The highest BCUT2D eigenvalue weighted by molar-refractivity contribution is 5.81. The first kappa shape index (κ1) is 9.05. The van der Waals surface area contributed by atoms with E-state index in [0.717, 1.165) is 13.0 Å². The molecule has 1 amide bonds. The molecule has 0 aromatic carbocycles. The average molecular weight is 166 g/mol. The molecule has 0 aliphatic carbocycles. The number of carbonyl (C=O) groups is 1. The largest absolute Gasteiger partial charge is 0.356 e. The van der Waals surface area contributed by atoms with Gasteiger partial charge in [0.05, 0.1) is 17.9 Å². The molecule has 1 rings (SSSR count). The van der Waals surface area contributed by atoms with Crippen molar-refractivity contribution in [3.05, 3.63) is 0 Å². The van der Waals surface area contributed by atoms with Gasteiger partial charge in [0.25, 0.3) is 0 Å². The molecule has 66 valence electrons. The fraction of sp³-hybridized carbons (Fsp3) is 0.778.